The molecule has 0 heterocycles. The first kappa shape index (κ1) is 22.9. The van der Waals surface area contributed by atoms with Gasteiger partial charge < -0.3 is 10.4 Å². The Bertz CT molecular complexity index is 337. The maximum absolute atomic E-state index is 11.5. The van der Waals surface area contributed by atoms with Crippen LogP contribution in [0, 0.1) is 0 Å². The summed E-state index contributed by atoms with van der Waals surface area (Å²) in [5.74, 6) is 0.0576. The van der Waals surface area contributed by atoms with E-state index in [0.29, 0.717) is 6.42 Å². The molecule has 0 aliphatic heterocycles. The molecule has 3 nitrogen and oxygen atoms in total. The molecule has 0 aliphatic rings. The maximum Gasteiger partial charge on any atom is 0.220 e. The van der Waals surface area contributed by atoms with Crippen LogP contribution >= 0.6 is 0 Å². The van der Waals surface area contributed by atoms with Gasteiger partial charge in [0.2, 0.25) is 5.91 Å². The van der Waals surface area contributed by atoms with Crippen molar-refractivity contribution < 1.29 is 9.90 Å². The van der Waals surface area contributed by atoms with Crippen LogP contribution < -0.4 is 5.32 Å². The predicted octanol–water partition coefficient (Wildman–Crippen LogP) is 5.30. The van der Waals surface area contributed by atoms with Crippen LogP contribution in [0.4, 0.5) is 0 Å². The van der Waals surface area contributed by atoms with Crippen molar-refractivity contribution in [3.8, 4) is 0 Å². The molecule has 24 heavy (non-hydrogen) atoms. The Hall–Kier alpha value is -1.09. The summed E-state index contributed by atoms with van der Waals surface area (Å²) < 4.78 is 0. The third-order valence-electron chi connectivity index (χ3n) is 4.04. The maximum atomic E-state index is 11.5. The first-order chi connectivity index (χ1) is 11.7. The molecule has 3 heteroatoms. The largest absolute Gasteiger partial charge is 0.394 e. The third kappa shape index (κ3) is 17.3. The van der Waals surface area contributed by atoms with E-state index in [1.165, 1.54) is 44.9 Å². The van der Waals surface area contributed by atoms with Gasteiger partial charge in [0.1, 0.15) is 0 Å². The molecule has 0 aromatic carbocycles. The van der Waals surface area contributed by atoms with Crippen molar-refractivity contribution in [2.24, 2.45) is 0 Å². The van der Waals surface area contributed by atoms with E-state index in [1.807, 2.05) is 6.92 Å². The molecule has 1 atom stereocenters. The first-order valence-corrected chi connectivity index (χ1v) is 9.90. The van der Waals surface area contributed by atoms with Crippen LogP contribution in [0.5, 0.6) is 0 Å². The molecule has 0 spiro atoms. The van der Waals surface area contributed by atoms with Gasteiger partial charge in [-0.05, 0) is 45.4 Å². The molecule has 0 rings (SSSR count). The van der Waals surface area contributed by atoms with E-state index >= 15 is 0 Å². The highest BCUT2D eigenvalue weighted by Crippen LogP contribution is 2.08. The van der Waals surface area contributed by atoms with Crippen LogP contribution in [0.15, 0.2) is 24.3 Å². The normalized spacial score (nSPS) is 13.0. The molecule has 0 radical (unpaired) electrons. The molecule has 0 aromatic rings. The zero-order valence-corrected chi connectivity index (χ0v) is 15.9. The zero-order chi connectivity index (χ0) is 17.9. The number of aliphatic hydroxyl groups is 1. The number of rotatable bonds is 16. The zero-order valence-electron chi connectivity index (χ0n) is 15.9. The van der Waals surface area contributed by atoms with E-state index in [4.69, 9.17) is 5.11 Å². The Kier molecular flexibility index (Phi) is 17.4. The fourth-order valence-corrected chi connectivity index (χ4v) is 2.49. The van der Waals surface area contributed by atoms with Crippen LogP contribution in [-0.4, -0.2) is 23.7 Å². The second-order valence-corrected chi connectivity index (χ2v) is 6.63. The van der Waals surface area contributed by atoms with Crippen molar-refractivity contribution in [3.05, 3.63) is 24.3 Å². The van der Waals surface area contributed by atoms with Gasteiger partial charge in [-0.1, -0.05) is 63.3 Å². The summed E-state index contributed by atoms with van der Waals surface area (Å²) in [5.41, 5.74) is 0. The number of allylic oxidation sites excluding steroid dienone is 4. The lowest BCUT2D eigenvalue weighted by Crippen LogP contribution is -2.34. The van der Waals surface area contributed by atoms with E-state index < -0.39 is 0 Å². The Morgan fingerprint density at radius 3 is 2.12 bits per heavy atom. The molecule has 0 fully saturated rings. The average Bonchev–Trinajstić information content (AvgIpc) is 2.58. The summed E-state index contributed by atoms with van der Waals surface area (Å²) in [6, 6.07) is -0.129. The number of hydrogen-bond acceptors (Lipinski definition) is 2. The van der Waals surface area contributed by atoms with Crippen molar-refractivity contribution in [2.45, 2.75) is 96.9 Å². The number of carbonyl (C=O) groups excluding carboxylic acids is 1. The molecule has 0 aliphatic carbocycles. The molecular weight excluding hydrogens is 298 g/mol. The minimum atomic E-state index is -0.129. The predicted molar refractivity (Wildman–Crippen MR) is 104 cm³/mol. The Morgan fingerprint density at radius 1 is 0.917 bits per heavy atom. The van der Waals surface area contributed by atoms with Crippen LogP contribution in [0.1, 0.15) is 90.9 Å². The van der Waals surface area contributed by atoms with Crippen molar-refractivity contribution in [1.82, 2.24) is 5.32 Å². The van der Waals surface area contributed by atoms with Gasteiger partial charge in [0.05, 0.1) is 6.61 Å². The van der Waals surface area contributed by atoms with Crippen molar-refractivity contribution in [2.75, 3.05) is 6.61 Å². The molecule has 0 unspecified atom stereocenters. The number of aliphatic hydroxyl groups excluding tert-OH is 1. The molecule has 0 saturated carbocycles. The molecule has 1 amide bonds. The fourth-order valence-electron chi connectivity index (χ4n) is 2.49. The van der Waals surface area contributed by atoms with Crippen molar-refractivity contribution in [1.29, 1.82) is 0 Å². The summed E-state index contributed by atoms with van der Waals surface area (Å²) >= 11 is 0. The SMILES string of the molecule is CCCCC/C=C/C/C=C/CCCCCCCC(=O)N[C@H](C)CO. The Labute approximate surface area is 149 Å². The van der Waals surface area contributed by atoms with Gasteiger partial charge in [-0.25, -0.2) is 0 Å². The summed E-state index contributed by atoms with van der Waals surface area (Å²) in [7, 11) is 0. The minimum Gasteiger partial charge on any atom is -0.394 e. The number of unbranched alkanes of at least 4 members (excludes halogenated alkanes) is 8. The summed E-state index contributed by atoms with van der Waals surface area (Å²) in [4.78, 5) is 11.5. The molecule has 2 N–H and O–H groups in total. The number of amides is 1. The van der Waals surface area contributed by atoms with E-state index in [0.717, 1.165) is 25.7 Å². The van der Waals surface area contributed by atoms with Gasteiger partial charge in [0.15, 0.2) is 0 Å². The highest BCUT2D eigenvalue weighted by molar-refractivity contribution is 5.76. The summed E-state index contributed by atoms with van der Waals surface area (Å²) in [5, 5.41) is 11.6. The average molecular weight is 338 g/mol. The standard InChI is InChI=1S/C21H39NO2/c1-3-4-5-6-7-8-9-10-11-12-13-14-15-16-17-18-21(24)22-20(2)19-23/h7-8,10-11,20,23H,3-6,9,12-19H2,1-2H3,(H,22,24)/b8-7+,11-10+/t20-/m1/s1. The van der Waals surface area contributed by atoms with Crippen LogP contribution in [-0.2, 0) is 4.79 Å². The molecule has 0 aromatic heterocycles. The first-order valence-electron chi connectivity index (χ1n) is 9.90. The minimum absolute atomic E-state index is 0.00784. The van der Waals surface area contributed by atoms with Crippen LogP contribution in [0.25, 0.3) is 0 Å². The lowest BCUT2D eigenvalue weighted by Gasteiger charge is -2.10. The van der Waals surface area contributed by atoms with Crippen molar-refractivity contribution >= 4 is 5.91 Å². The van der Waals surface area contributed by atoms with Crippen LogP contribution in [0.3, 0.4) is 0 Å². The van der Waals surface area contributed by atoms with Gasteiger partial charge in [-0.3, -0.25) is 4.79 Å². The molecule has 140 valence electrons. The second-order valence-electron chi connectivity index (χ2n) is 6.63. The lowest BCUT2D eigenvalue weighted by atomic mass is 10.1. The quantitative estimate of drug-likeness (QED) is 0.297. The Balaban J connectivity index is 3.30. The summed E-state index contributed by atoms with van der Waals surface area (Å²) in [6.07, 6.45) is 22.9. The van der Waals surface area contributed by atoms with Gasteiger partial charge >= 0.3 is 0 Å². The highest BCUT2D eigenvalue weighted by atomic mass is 16.3. The molecule has 0 saturated heterocycles. The number of hydrogen-bond donors (Lipinski definition) is 2. The summed E-state index contributed by atoms with van der Waals surface area (Å²) in [6.45, 7) is 4.06. The topological polar surface area (TPSA) is 49.3 Å². The van der Waals surface area contributed by atoms with Gasteiger partial charge in [-0.2, -0.15) is 0 Å². The highest BCUT2D eigenvalue weighted by Gasteiger charge is 2.04. The van der Waals surface area contributed by atoms with Gasteiger partial charge in [-0.15, -0.1) is 0 Å². The van der Waals surface area contributed by atoms with E-state index in [-0.39, 0.29) is 18.6 Å². The molecular formula is C21H39NO2. The van der Waals surface area contributed by atoms with E-state index in [9.17, 15) is 4.79 Å². The van der Waals surface area contributed by atoms with Crippen LogP contribution in [0.2, 0.25) is 0 Å². The fraction of sp³-hybridized carbons (Fsp3) is 0.762. The molecule has 0 bridgehead atoms. The van der Waals surface area contributed by atoms with E-state index in [2.05, 4.69) is 36.5 Å². The monoisotopic (exact) mass is 337 g/mol. The Morgan fingerprint density at radius 2 is 1.50 bits per heavy atom. The van der Waals surface area contributed by atoms with Crippen molar-refractivity contribution in [3.63, 3.8) is 0 Å². The van der Waals surface area contributed by atoms with Gasteiger partial charge in [0.25, 0.3) is 0 Å². The number of nitrogens with one attached hydrogen (secondary N) is 1. The number of carbonyl (C=O) groups is 1. The smallest absolute Gasteiger partial charge is 0.220 e. The van der Waals surface area contributed by atoms with Gasteiger partial charge in [0, 0.05) is 12.5 Å². The third-order valence-corrected chi connectivity index (χ3v) is 4.04. The lowest BCUT2D eigenvalue weighted by molar-refractivity contribution is -0.122. The second kappa shape index (κ2) is 18.3. The van der Waals surface area contributed by atoms with E-state index in [1.54, 1.807) is 0 Å².